The molecule has 2 heterocycles. The first-order valence-corrected chi connectivity index (χ1v) is 8.76. The Kier molecular flexibility index (Phi) is 4.68. The van der Waals surface area contributed by atoms with Crippen LogP contribution in [0.2, 0.25) is 0 Å². The van der Waals surface area contributed by atoms with Crippen molar-refractivity contribution in [2.75, 3.05) is 32.8 Å². The smallest absolute Gasteiger partial charge is 0.279 e. The lowest BCUT2D eigenvalue weighted by atomic mass is 10.1. The largest absolute Gasteiger partial charge is 0.379 e. The van der Waals surface area contributed by atoms with Crippen molar-refractivity contribution in [1.82, 2.24) is 14.0 Å². The van der Waals surface area contributed by atoms with Gasteiger partial charge in [-0.3, -0.25) is 4.98 Å². The molecule has 6 nitrogen and oxygen atoms in total. The minimum absolute atomic E-state index is 0.357. The Morgan fingerprint density at radius 3 is 2.77 bits per heavy atom. The molecule has 1 N–H and O–H groups in total. The van der Waals surface area contributed by atoms with E-state index < -0.39 is 10.2 Å². The second kappa shape index (κ2) is 6.70. The average molecular weight is 321 g/mol. The van der Waals surface area contributed by atoms with Crippen molar-refractivity contribution in [3.63, 3.8) is 0 Å². The molecule has 0 unspecified atom stereocenters. The molecule has 0 aliphatic carbocycles. The first kappa shape index (κ1) is 15.4. The van der Waals surface area contributed by atoms with E-state index in [2.05, 4.69) is 9.71 Å². The quantitative estimate of drug-likeness (QED) is 0.890. The van der Waals surface area contributed by atoms with Crippen LogP contribution >= 0.6 is 0 Å². The highest BCUT2D eigenvalue weighted by atomic mass is 32.2. The fraction of sp³-hybridized carbons (Fsp3) is 0.400. The zero-order valence-electron chi connectivity index (χ0n) is 12.2. The highest BCUT2D eigenvalue weighted by Gasteiger charge is 2.23. The molecule has 1 aromatic heterocycles. The maximum atomic E-state index is 12.2. The summed E-state index contributed by atoms with van der Waals surface area (Å²) in [6, 6.07) is 9.86. The monoisotopic (exact) mass is 321 g/mol. The molecule has 0 bridgehead atoms. The van der Waals surface area contributed by atoms with Gasteiger partial charge in [0.15, 0.2) is 0 Å². The number of rotatable bonds is 5. The van der Waals surface area contributed by atoms with Gasteiger partial charge in [-0.2, -0.15) is 12.7 Å². The number of para-hydroxylation sites is 1. The van der Waals surface area contributed by atoms with Gasteiger partial charge in [-0.15, -0.1) is 0 Å². The number of benzene rings is 1. The van der Waals surface area contributed by atoms with E-state index in [1.54, 1.807) is 6.20 Å². The van der Waals surface area contributed by atoms with Crippen LogP contribution in [0.3, 0.4) is 0 Å². The van der Waals surface area contributed by atoms with Gasteiger partial charge in [-0.05, 0) is 18.1 Å². The number of nitrogens with zero attached hydrogens (tertiary/aromatic N) is 2. The fourth-order valence-corrected chi connectivity index (χ4v) is 3.73. The van der Waals surface area contributed by atoms with E-state index >= 15 is 0 Å². The van der Waals surface area contributed by atoms with Crippen LogP contribution in [0.5, 0.6) is 0 Å². The Balaban J connectivity index is 1.64. The molecule has 118 valence electrons. The van der Waals surface area contributed by atoms with Gasteiger partial charge in [0.2, 0.25) is 0 Å². The van der Waals surface area contributed by atoms with Gasteiger partial charge in [-0.25, -0.2) is 4.72 Å². The summed E-state index contributed by atoms with van der Waals surface area (Å²) in [6.45, 7) is 2.08. The molecular weight excluding hydrogens is 302 g/mol. The van der Waals surface area contributed by atoms with Crippen LogP contribution in [-0.4, -0.2) is 50.6 Å². The lowest BCUT2D eigenvalue weighted by Crippen LogP contribution is -2.47. The fourth-order valence-electron chi connectivity index (χ4n) is 2.56. The Bertz CT molecular complexity index is 737. The minimum Gasteiger partial charge on any atom is -0.379 e. The molecule has 0 atom stereocenters. The predicted octanol–water partition coefficient (Wildman–Crippen LogP) is 0.944. The second-order valence-electron chi connectivity index (χ2n) is 5.15. The predicted molar refractivity (Wildman–Crippen MR) is 84.8 cm³/mol. The molecule has 3 rings (SSSR count). The molecule has 0 spiro atoms. The molecule has 22 heavy (non-hydrogen) atoms. The molecule has 1 aliphatic rings. The van der Waals surface area contributed by atoms with E-state index in [0.29, 0.717) is 39.3 Å². The minimum atomic E-state index is -3.42. The summed E-state index contributed by atoms with van der Waals surface area (Å²) < 4.78 is 33.6. The van der Waals surface area contributed by atoms with Gasteiger partial charge < -0.3 is 4.74 Å². The van der Waals surface area contributed by atoms with Crippen LogP contribution in [0.15, 0.2) is 36.5 Å². The van der Waals surface area contributed by atoms with Crippen LogP contribution in [0, 0.1) is 0 Å². The Hall–Kier alpha value is -1.54. The number of pyridine rings is 1. The molecule has 7 heteroatoms. The standard InChI is InChI=1S/C15H19N3O3S/c19-22(20,18-9-11-21-12-10-18)17-8-6-14-4-1-3-13-5-2-7-16-15(13)14/h1-5,7,17H,6,8-12H2. The van der Waals surface area contributed by atoms with Crippen molar-refractivity contribution in [2.24, 2.45) is 0 Å². The van der Waals surface area contributed by atoms with Gasteiger partial charge in [0.05, 0.1) is 18.7 Å². The summed E-state index contributed by atoms with van der Waals surface area (Å²) in [5, 5.41) is 1.07. The second-order valence-corrected chi connectivity index (χ2v) is 6.91. The van der Waals surface area contributed by atoms with E-state index in [4.69, 9.17) is 4.74 Å². The van der Waals surface area contributed by atoms with Crippen molar-refractivity contribution in [3.05, 3.63) is 42.1 Å². The van der Waals surface area contributed by atoms with Gasteiger partial charge in [0.1, 0.15) is 0 Å². The Morgan fingerprint density at radius 1 is 1.18 bits per heavy atom. The molecule has 2 aromatic rings. The number of aromatic nitrogens is 1. The van der Waals surface area contributed by atoms with Crippen molar-refractivity contribution in [3.8, 4) is 0 Å². The molecule has 0 saturated carbocycles. The third kappa shape index (κ3) is 3.44. The van der Waals surface area contributed by atoms with Gasteiger partial charge in [0.25, 0.3) is 10.2 Å². The van der Waals surface area contributed by atoms with E-state index in [-0.39, 0.29) is 0 Å². The zero-order valence-corrected chi connectivity index (χ0v) is 13.1. The van der Waals surface area contributed by atoms with Crippen molar-refractivity contribution >= 4 is 21.1 Å². The first-order chi connectivity index (χ1) is 10.7. The molecular formula is C15H19N3O3S. The summed E-state index contributed by atoms with van der Waals surface area (Å²) in [6.07, 6.45) is 2.36. The van der Waals surface area contributed by atoms with Crippen LogP contribution in [0.25, 0.3) is 10.9 Å². The number of fused-ring (bicyclic) bond motifs is 1. The van der Waals surface area contributed by atoms with E-state index in [0.717, 1.165) is 16.5 Å². The molecule has 0 amide bonds. The summed E-state index contributed by atoms with van der Waals surface area (Å²) >= 11 is 0. The summed E-state index contributed by atoms with van der Waals surface area (Å²) in [5.74, 6) is 0. The van der Waals surface area contributed by atoms with Gasteiger partial charge in [0, 0.05) is 31.2 Å². The third-order valence-corrected chi connectivity index (χ3v) is 5.32. The van der Waals surface area contributed by atoms with E-state index in [9.17, 15) is 8.42 Å². The highest BCUT2D eigenvalue weighted by molar-refractivity contribution is 7.87. The number of nitrogens with one attached hydrogen (secondary N) is 1. The molecule has 0 radical (unpaired) electrons. The number of hydrogen-bond donors (Lipinski definition) is 1. The average Bonchev–Trinajstić information content (AvgIpc) is 2.56. The van der Waals surface area contributed by atoms with E-state index in [1.165, 1.54) is 4.31 Å². The van der Waals surface area contributed by atoms with Gasteiger partial charge >= 0.3 is 0 Å². The third-order valence-electron chi connectivity index (χ3n) is 3.71. The molecule has 1 fully saturated rings. The molecule has 1 aromatic carbocycles. The summed E-state index contributed by atoms with van der Waals surface area (Å²) in [4.78, 5) is 4.38. The van der Waals surface area contributed by atoms with Crippen molar-refractivity contribution in [2.45, 2.75) is 6.42 Å². The summed E-state index contributed by atoms with van der Waals surface area (Å²) in [7, 11) is -3.42. The van der Waals surface area contributed by atoms with Crippen molar-refractivity contribution < 1.29 is 13.2 Å². The van der Waals surface area contributed by atoms with Gasteiger partial charge in [-0.1, -0.05) is 24.3 Å². The van der Waals surface area contributed by atoms with E-state index in [1.807, 2.05) is 30.3 Å². The van der Waals surface area contributed by atoms with Crippen LogP contribution in [-0.2, 0) is 21.4 Å². The Labute approximate surface area is 130 Å². The maximum absolute atomic E-state index is 12.2. The lowest BCUT2D eigenvalue weighted by molar-refractivity contribution is 0.0725. The van der Waals surface area contributed by atoms with Crippen LogP contribution in [0.4, 0.5) is 0 Å². The van der Waals surface area contributed by atoms with Crippen LogP contribution in [0.1, 0.15) is 5.56 Å². The SMILES string of the molecule is O=S(=O)(NCCc1cccc2cccnc12)N1CCOCC1. The number of hydrogen-bond acceptors (Lipinski definition) is 4. The molecule has 1 saturated heterocycles. The topological polar surface area (TPSA) is 71.5 Å². The highest BCUT2D eigenvalue weighted by Crippen LogP contribution is 2.16. The van der Waals surface area contributed by atoms with Crippen molar-refractivity contribution in [1.29, 1.82) is 0 Å². The number of ether oxygens (including phenoxy) is 1. The number of morpholine rings is 1. The Morgan fingerprint density at radius 2 is 1.95 bits per heavy atom. The zero-order chi connectivity index (χ0) is 15.4. The lowest BCUT2D eigenvalue weighted by Gasteiger charge is -2.26. The maximum Gasteiger partial charge on any atom is 0.279 e. The normalized spacial score (nSPS) is 16.9. The van der Waals surface area contributed by atoms with Crippen LogP contribution < -0.4 is 4.72 Å². The summed E-state index contributed by atoms with van der Waals surface area (Å²) in [5.41, 5.74) is 1.97. The molecule has 1 aliphatic heterocycles. The first-order valence-electron chi connectivity index (χ1n) is 7.32.